The van der Waals surface area contributed by atoms with Crippen molar-refractivity contribution >= 4 is 28.7 Å². The lowest BCUT2D eigenvalue weighted by Crippen LogP contribution is -1.96. The molecule has 0 aliphatic carbocycles. The first-order valence-corrected chi connectivity index (χ1v) is 6.04. The Labute approximate surface area is 110 Å². The third-order valence-corrected chi connectivity index (χ3v) is 3.39. The number of halogens is 2. The zero-order valence-corrected chi connectivity index (χ0v) is 10.2. The first-order valence-electron chi connectivity index (χ1n) is 5.23. The van der Waals surface area contributed by atoms with E-state index in [1.165, 1.54) is 6.07 Å². The fourth-order valence-corrected chi connectivity index (χ4v) is 2.47. The molecule has 0 saturated carbocycles. The van der Waals surface area contributed by atoms with Gasteiger partial charge >= 0.3 is 0 Å². The molecule has 0 spiro atoms. The van der Waals surface area contributed by atoms with Crippen molar-refractivity contribution in [3.63, 3.8) is 0 Å². The molecule has 0 aliphatic heterocycles. The number of benzene rings is 1. The van der Waals surface area contributed by atoms with E-state index >= 15 is 0 Å². The zero-order chi connectivity index (χ0) is 13.4. The maximum absolute atomic E-state index is 13.2. The Hall–Kier alpha value is -2.22. The van der Waals surface area contributed by atoms with Crippen LogP contribution < -0.4 is 5.73 Å². The van der Waals surface area contributed by atoms with Crippen LogP contribution in [0.1, 0.15) is 0 Å². The highest BCUT2D eigenvalue weighted by molar-refractivity contribution is 7.99. The minimum atomic E-state index is -0.907. The normalized spacial score (nSPS) is 11.1. The Morgan fingerprint density at radius 1 is 1.16 bits per heavy atom. The van der Waals surface area contributed by atoms with E-state index in [0.717, 1.165) is 23.9 Å². The van der Waals surface area contributed by atoms with Crippen LogP contribution in [-0.4, -0.2) is 20.2 Å². The van der Waals surface area contributed by atoms with Gasteiger partial charge in [0.2, 0.25) is 5.95 Å². The Balaban J connectivity index is 2.04. The second-order valence-electron chi connectivity index (χ2n) is 3.70. The summed E-state index contributed by atoms with van der Waals surface area (Å²) in [7, 11) is 0. The maximum atomic E-state index is 13.2. The molecule has 96 valence electrons. The number of nitrogens with two attached hydrogens (primary N) is 1. The molecule has 0 atom stereocenters. The van der Waals surface area contributed by atoms with Crippen molar-refractivity contribution in [2.24, 2.45) is 0 Å². The number of nitrogen functional groups attached to an aromatic ring is 1. The molecule has 0 bridgehead atoms. The van der Waals surface area contributed by atoms with Crippen LogP contribution >= 0.6 is 11.8 Å². The number of hydrogen-bond acceptors (Lipinski definition) is 5. The van der Waals surface area contributed by atoms with Crippen LogP contribution in [0.4, 0.5) is 14.7 Å². The summed E-state index contributed by atoms with van der Waals surface area (Å²) in [4.78, 5) is 8.56. The van der Waals surface area contributed by atoms with Gasteiger partial charge in [-0.25, -0.2) is 13.8 Å². The van der Waals surface area contributed by atoms with E-state index in [9.17, 15) is 8.78 Å². The molecule has 0 amide bonds. The molecular formula is C11H7F2N5S. The van der Waals surface area contributed by atoms with E-state index in [0.29, 0.717) is 21.0 Å². The number of fused-ring (bicyclic) bond motifs is 1. The molecule has 0 radical (unpaired) electrons. The molecule has 0 saturated heterocycles. The van der Waals surface area contributed by atoms with Gasteiger partial charge in [-0.2, -0.15) is 10.1 Å². The van der Waals surface area contributed by atoms with E-state index in [4.69, 9.17) is 5.73 Å². The lowest BCUT2D eigenvalue weighted by molar-refractivity contribution is 0.506. The van der Waals surface area contributed by atoms with E-state index in [2.05, 4.69) is 20.2 Å². The summed E-state index contributed by atoms with van der Waals surface area (Å²) in [6, 6.07) is 3.63. The Morgan fingerprint density at radius 3 is 2.79 bits per heavy atom. The molecule has 8 heteroatoms. The van der Waals surface area contributed by atoms with Crippen LogP contribution in [0, 0.1) is 11.6 Å². The van der Waals surface area contributed by atoms with Crippen LogP contribution in [0.15, 0.2) is 34.3 Å². The number of rotatable bonds is 2. The van der Waals surface area contributed by atoms with Crippen LogP contribution in [0.2, 0.25) is 0 Å². The van der Waals surface area contributed by atoms with E-state index in [1.54, 1.807) is 6.20 Å². The largest absolute Gasteiger partial charge is 0.368 e. The third kappa shape index (κ3) is 2.22. The Kier molecular flexibility index (Phi) is 2.79. The standard InChI is InChI=1S/C11H7F2N5S/c12-7-2-1-5(3-8(7)13)19-10-6-4-15-18-9(6)16-11(14)17-10/h1-4H,(H3,14,15,16,17,18). The molecule has 0 fully saturated rings. The molecule has 3 aromatic rings. The van der Waals surface area contributed by atoms with Gasteiger partial charge in [-0.05, 0) is 18.2 Å². The zero-order valence-electron chi connectivity index (χ0n) is 9.39. The summed E-state index contributed by atoms with van der Waals surface area (Å²) < 4.78 is 26.0. The molecule has 19 heavy (non-hydrogen) atoms. The minimum absolute atomic E-state index is 0.0850. The van der Waals surface area contributed by atoms with Crippen molar-refractivity contribution in [2.45, 2.75) is 9.92 Å². The Bertz CT molecular complexity index is 758. The average molecular weight is 279 g/mol. The van der Waals surface area contributed by atoms with Crippen molar-refractivity contribution in [2.75, 3.05) is 5.73 Å². The summed E-state index contributed by atoms with van der Waals surface area (Å²) in [5.74, 6) is -1.71. The minimum Gasteiger partial charge on any atom is -0.368 e. The number of H-pyrrole nitrogens is 1. The molecule has 2 aromatic heterocycles. The van der Waals surface area contributed by atoms with Crippen LogP contribution in [0.3, 0.4) is 0 Å². The van der Waals surface area contributed by atoms with Crippen molar-refractivity contribution in [3.8, 4) is 0 Å². The molecule has 5 nitrogen and oxygen atoms in total. The van der Waals surface area contributed by atoms with Crippen molar-refractivity contribution in [1.82, 2.24) is 20.2 Å². The number of aromatic amines is 1. The lowest BCUT2D eigenvalue weighted by atomic mass is 10.3. The second-order valence-corrected chi connectivity index (χ2v) is 4.76. The lowest BCUT2D eigenvalue weighted by Gasteiger charge is -2.03. The molecule has 2 heterocycles. The summed E-state index contributed by atoms with van der Waals surface area (Å²) in [6.45, 7) is 0. The summed E-state index contributed by atoms with van der Waals surface area (Å²) in [6.07, 6.45) is 1.55. The van der Waals surface area contributed by atoms with Gasteiger partial charge in [-0.15, -0.1) is 0 Å². The van der Waals surface area contributed by atoms with Gasteiger partial charge in [0.05, 0.1) is 11.6 Å². The van der Waals surface area contributed by atoms with Crippen LogP contribution in [0.25, 0.3) is 11.0 Å². The summed E-state index contributed by atoms with van der Waals surface area (Å²) in [5, 5.41) is 7.72. The topological polar surface area (TPSA) is 80.5 Å². The van der Waals surface area contributed by atoms with Gasteiger partial charge in [0.25, 0.3) is 0 Å². The number of nitrogens with zero attached hydrogens (tertiary/aromatic N) is 3. The van der Waals surface area contributed by atoms with E-state index < -0.39 is 11.6 Å². The van der Waals surface area contributed by atoms with E-state index in [-0.39, 0.29) is 5.95 Å². The quantitative estimate of drug-likeness (QED) is 0.704. The van der Waals surface area contributed by atoms with Crippen molar-refractivity contribution in [1.29, 1.82) is 0 Å². The van der Waals surface area contributed by atoms with Gasteiger partial charge in [-0.1, -0.05) is 11.8 Å². The summed E-state index contributed by atoms with van der Waals surface area (Å²) in [5.41, 5.74) is 6.07. The average Bonchev–Trinajstić information content (AvgIpc) is 2.82. The van der Waals surface area contributed by atoms with Gasteiger partial charge in [0.15, 0.2) is 17.3 Å². The first kappa shape index (κ1) is 11.8. The van der Waals surface area contributed by atoms with E-state index in [1.807, 2.05) is 0 Å². The molecule has 0 unspecified atom stereocenters. The molecular weight excluding hydrogens is 272 g/mol. The maximum Gasteiger partial charge on any atom is 0.223 e. The highest BCUT2D eigenvalue weighted by Crippen LogP contribution is 2.31. The predicted molar refractivity (Wildman–Crippen MR) is 66.6 cm³/mol. The SMILES string of the molecule is Nc1nc(Sc2ccc(F)c(F)c2)c2cn[nH]c2n1. The Morgan fingerprint density at radius 2 is 2.00 bits per heavy atom. The second kappa shape index (κ2) is 4.47. The highest BCUT2D eigenvalue weighted by atomic mass is 32.2. The van der Waals surface area contributed by atoms with Crippen molar-refractivity contribution < 1.29 is 8.78 Å². The van der Waals surface area contributed by atoms with Crippen LogP contribution in [0.5, 0.6) is 0 Å². The smallest absolute Gasteiger partial charge is 0.223 e. The molecule has 3 N–H and O–H groups in total. The van der Waals surface area contributed by atoms with Crippen LogP contribution in [-0.2, 0) is 0 Å². The monoisotopic (exact) mass is 279 g/mol. The fraction of sp³-hybridized carbons (Fsp3) is 0. The summed E-state index contributed by atoms with van der Waals surface area (Å²) >= 11 is 1.16. The van der Waals surface area contributed by atoms with Gasteiger partial charge in [0.1, 0.15) is 5.03 Å². The first-order chi connectivity index (χ1) is 9.13. The van der Waals surface area contributed by atoms with Gasteiger partial charge in [0, 0.05) is 4.90 Å². The number of anilines is 1. The molecule has 3 rings (SSSR count). The number of nitrogens with one attached hydrogen (secondary N) is 1. The third-order valence-electron chi connectivity index (χ3n) is 2.40. The van der Waals surface area contributed by atoms with Gasteiger partial charge < -0.3 is 5.73 Å². The molecule has 0 aliphatic rings. The van der Waals surface area contributed by atoms with Gasteiger partial charge in [-0.3, -0.25) is 5.10 Å². The molecule has 1 aromatic carbocycles. The highest BCUT2D eigenvalue weighted by Gasteiger charge is 2.11. The van der Waals surface area contributed by atoms with Crippen molar-refractivity contribution in [3.05, 3.63) is 36.0 Å². The predicted octanol–water partition coefficient (Wildman–Crippen LogP) is 2.36. The fourth-order valence-electron chi connectivity index (χ4n) is 1.55. The number of hydrogen-bond donors (Lipinski definition) is 2. The number of aromatic nitrogens is 4.